The van der Waals surface area contributed by atoms with Crippen LogP contribution >= 0.6 is 0 Å². The molecule has 0 radical (unpaired) electrons. The number of esters is 2. The lowest BCUT2D eigenvalue weighted by atomic mass is 10.1. The van der Waals surface area contributed by atoms with Gasteiger partial charge in [-0.2, -0.15) is 0 Å². The van der Waals surface area contributed by atoms with Crippen LogP contribution in [0.15, 0.2) is 0 Å². The Bertz CT molecular complexity index is 315. The summed E-state index contributed by atoms with van der Waals surface area (Å²) >= 11 is 0. The van der Waals surface area contributed by atoms with Crippen LogP contribution in [-0.4, -0.2) is 25.2 Å². The van der Waals surface area contributed by atoms with E-state index in [-0.39, 0.29) is 11.9 Å². The molecule has 0 aromatic rings. The van der Waals surface area contributed by atoms with E-state index in [0.29, 0.717) is 26.1 Å². The molecule has 25 heavy (non-hydrogen) atoms. The summed E-state index contributed by atoms with van der Waals surface area (Å²) in [6.07, 6.45) is 15.2. The van der Waals surface area contributed by atoms with E-state index in [1.807, 2.05) is 0 Å². The first-order valence-electron chi connectivity index (χ1n) is 10.5. The quantitative estimate of drug-likeness (QED) is 0.224. The Morgan fingerprint density at radius 1 is 0.520 bits per heavy atom. The second-order valence-electron chi connectivity index (χ2n) is 6.83. The molecule has 0 atom stereocenters. The number of carbonyl (C=O) groups is 2. The Morgan fingerprint density at radius 2 is 0.920 bits per heavy atom. The van der Waals surface area contributed by atoms with Gasteiger partial charge >= 0.3 is 11.9 Å². The lowest BCUT2D eigenvalue weighted by Crippen LogP contribution is -2.05. The molecule has 4 nitrogen and oxygen atoms in total. The summed E-state index contributed by atoms with van der Waals surface area (Å²) in [5.41, 5.74) is 0. The first-order chi connectivity index (χ1) is 12.2. The molecule has 0 fully saturated rings. The lowest BCUT2D eigenvalue weighted by Gasteiger charge is -2.05. The maximum Gasteiger partial charge on any atom is 0.305 e. The SMILES string of the molecule is CCCCCCCOC(=O)CCCCCCCCC(=O)OCCCC. The summed E-state index contributed by atoms with van der Waals surface area (Å²) in [5, 5.41) is 0. The molecule has 0 bridgehead atoms. The van der Waals surface area contributed by atoms with Gasteiger partial charge in [0.1, 0.15) is 0 Å². The van der Waals surface area contributed by atoms with Gasteiger partial charge in [-0.15, -0.1) is 0 Å². The zero-order chi connectivity index (χ0) is 18.6. The van der Waals surface area contributed by atoms with Crippen LogP contribution in [0.5, 0.6) is 0 Å². The van der Waals surface area contributed by atoms with Gasteiger partial charge in [-0.05, 0) is 25.7 Å². The minimum Gasteiger partial charge on any atom is -0.466 e. The minimum atomic E-state index is -0.0640. The summed E-state index contributed by atoms with van der Waals surface area (Å²) in [5.74, 6) is -0.115. The van der Waals surface area contributed by atoms with E-state index in [4.69, 9.17) is 9.47 Å². The highest BCUT2D eigenvalue weighted by Crippen LogP contribution is 2.10. The van der Waals surface area contributed by atoms with Crippen LogP contribution in [0.3, 0.4) is 0 Å². The highest BCUT2D eigenvalue weighted by atomic mass is 16.5. The number of carbonyl (C=O) groups excluding carboxylic acids is 2. The standard InChI is InChI=1S/C21H40O4/c1-3-5-7-12-15-19-25-21(23)17-14-11-9-8-10-13-16-20(22)24-18-6-4-2/h3-19H2,1-2H3. The van der Waals surface area contributed by atoms with Crippen molar-refractivity contribution in [3.63, 3.8) is 0 Å². The highest BCUT2D eigenvalue weighted by Gasteiger charge is 2.04. The summed E-state index contributed by atoms with van der Waals surface area (Å²) in [7, 11) is 0. The van der Waals surface area contributed by atoms with E-state index in [1.54, 1.807) is 0 Å². The molecule has 0 saturated heterocycles. The van der Waals surface area contributed by atoms with Crippen LogP contribution < -0.4 is 0 Å². The van der Waals surface area contributed by atoms with Crippen molar-refractivity contribution >= 4 is 11.9 Å². The normalized spacial score (nSPS) is 10.6. The number of ether oxygens (including phenoxy) is 2. The van der Waals surface area contributed by atoms with Crippen molar-refractivity contribution in [1.82, 2.24) is 0 Å². The molecule has 4 heteroatoms. The van der Waals surface area contributed by atoms with Gasteiger partial charge in [0.2, 0.25) is 0 Å². The number of rotatable bonds is 18. The van der Waals surface area contributed by atoms with Crippen molar-refractivity contribution in [2.24, 2.45) is 0 Å². The maximum absolute atomic E-state index is 11.6. The van der Waals surface area contributed by atoms with E-state index < -0.39 is 0 Å². The number of hydrogen-bond donors (Lipinski definition) is 0. The third-order valence-electron chi connectivity index (χ3n) is 4.28. The van der Waals surface area contributed by atoms with Crippen molar-refractivity contribution in [3.05, 3.63) is 0 Å². The van der Waals surface area contributed by atoms with Crippen molar-refractivity contribution < 1.29 is 19.1 Å². The van der Waals surface area contributed by atoms with Crippen molar-refractivity contribution in [1.29, 1.82) is 0 Å². The fraction of sp³-hybridized carbons (Fsp3) is 0.905. The second-order valence-corrected chi connectivity index (χ2v) is 6.83. The van der Waals surface area contributed by atoms with E-state index in [0.717, 1.165) is 64.2 Å². The van der Waals surface area contributed by atoms with Gasteiger partial charge < -0.3 is 9.47 Å². The Balaban J connectivity index is 3.24. The molecule has 0 aliphatic rings. The van der Waals surface area contributed by atoms with Gasteiger partial charge in [0.25, 0.3) is 0 Å². The van der Waals surface area contributed by atoms with E-state index >= 15 is 0 Å². The van der Waals surface area contributed by atoms with Crippen molar-refractivity contribution in [2.45, 2.75) is 110 Å². The van der Waals surface area contributed by atoms with Crippen LogP contribution in [0.1, 0.15) is 110 Å². The second kappa shape index (κ2) is 19.3. The van der Waals surface area contributed by atoms with Crippen LogP contribution in [0, 0.1) is 0 Å². The molecule has 0 saturated carbocycles. The van der Waals surface area contributed by atoms with Gasteiger partial charge in [0, 0.05) is 12.8 Å². The fourth-order valence-corrected chi connectivity index (χ4v) is 2.61. The van der Waals surface area contributed by atoms with Crippen LogP contribution in [0.25, 0.3) is 0 Å². The molecule has 0 amide bonds. The molecule has 0 aromatic heterocycles. The number of hydrogen-bond acceptors (Lipinski definition) is 4. The average molecular weight is 357 g/mol. The molecule has 0 unspecified atom stereocenters. The predicted octanol–water partition coefficient (Wildman–Crippen LogP) is 5.96. The Labute approximate surface area is 155 Å². The molecule has 0 aliphatic heterocycles. The van der Waals surface area contributed by atoms with Crippen molar-refractivity contribution in [2.75, 3.05) is 13.2 Å². The molecule has 0 heterocycles. The topological polar surface area (TPSA) is 52.6 Å². The molecule has 0 aromatic carbocycles. The van der Waals surface area contributed by atoms with Gasteiger partial charge in [-0.3, -0.25) is 9.59 Å². The van der Waals surface area contributed by atoms with Gasteiger partial charge in [-0.1, -0.05) is 71.6 Å². The van der Waals surface area contributed by atoms with E-state index in [9.17, 15) is 9.59 Å². The van der Waals surface area contributed by atoms with E-state index in [2.05, 4.69) is 13.8 Å². The van der Waals surface area contributed by atoms with Gasteiger partial charge in [0.05, 0.1) is 13.2 Å². The monoisotopic (exact) mass is 356 g/mol. The molecule has 0 N–H and O–H groups in total. The highest BCUT2D eigenvalue weighted by molar-refractivity contribution is 5.69. The van der Waals surface area contributed by atoms with Gasteiger partial charge in [0.15, 0.2) is 0 Å². The van der Waals surface area contributed by atoms with Crippen LogP contribution in [-0.2, 0) is 19.1 Å². The summed E-state index contributed by atoms with van der Waals surface area (Å²) in [6, 6.07) is 0. The third-order valence-corrected chi connectivity index (χ3v) is 4.28. The molecule has 0 spiro atoms. The molecule has 0 aliphatic carbocycles. The van der Waals surface area contributed by atoms with E-state index in [1.165, 1.54) is 19.3 Å². The van der Waals surface area contributed by atoms with Crippen LogP contribution in [0.4, 0.5) is 0 Å². The average Bonchev–Trinajstić information content (AvgIpc) is 2.60. The smallest absolute Gasteiger partial charge is 0.305 e. The summed E-state index contributed by atoms with van der Waals surface area (Å²) in [6.45, 7) is 5.42. The van der Waals surface area contributed by atoms with Gasteiger partial charge in [-0.25, -0.2) is 0 Å². The third kappa shape index (κ3) is 19.1. The maximum atomic E-state index is 11.6. The lowest BCUT2D eigenvalue weighted by molar-refractivity contribution is -0.144. The van der Waals surface area contributed by atoms with Crippen LogP contribution in [0.2, 0.25) is 0 Å². The molecular weight excluding hydrogens is 316 g/mol. The zero-order valence-electron chi connectivity index (χ0n) is 16.7. The largest absolute Gasteiger partial charge is 0.466 e. The predicted molar refractivity (Wildman–Crippen MR) is 103 cm³/mol. The molecule has 148 valence electrons. The Morgan fingerprint density at radius 3 is 1.44 bits per heavy atom. The van der Waals surface area contributed by atoms with Crippen molar-refractivity contribution in [3.8, 4) is 0 Å². The summed E-state index contributed by atoms with van der Waals surface area (Å²) in [4.78, 5) is 23.0. The summed E-state index contributed by atoms with van der Waals surface area (Å²) < 4.78 is 10.4. The first kappa shape index (κ1) is 23.9. The molecular formula is C21H40O4. The fourth-order valence-electron chi connectivity index (χ4n) is 2.61. The number of unbranched alkanes of at least 4 members (excludes halogenated alkanes) is 10. The Hall–Kier alpha value is -1.06. The first-order valence-corrected chi connectivity index (χ1v) is 10.5. The zero-order valence-corrected chi connectivity index (χ0v) is 16.7. The molecule has 0 rings (SSSR count). The Kier molecular flexibility index (Phi) is 18.5. The minimum absolute atomic E-state index is 0.0506.